The van der Waals surface area contributed by atoms with Gasteiger partial charge in [-0.05, 0) is 63.2 Å². The van der Waals surface area contributed by atoms with Crippen molar-refractivity contribution in [3.8, 4) is 16.9 Å². The Morgan fingerprint density at radius 3 is 2.58 bits per heavy atom. The predicted molar refractivity (Wildman–Crippen MR) is 99.7 cm³/mol. The van der Waals surface area contributed by atoms with Crippen LogP contribution in [-0.2, 0) is 6.54 Å². The van der Waals surface area contributed by atoms with Crippen LogP contribution in [0.15, 0.2) is 49.2 Å². The molecule has 0 amide bonds. The molecule has 0 spiro atoms. The van der Waals surface area contributed by atoms with Crippen molar-refractivity contribution in [3.63, 3.8) is 0 Å². The maximum atomic E-state index is 13.1. The monoisotopic (exact) mass is 353 g/mol. The molecule has 0 saturated carbocycles. The van der Waals surface area contributed by atoms with E-state index in [0.29, 0.717) is 0 Å². The Morgan fingerprint density at radius 1 is 0.962 bits per heavy atom. The van der Waals surface area contributed by atoms with E-state index in [1.165, 1.54) is 44.5 Å². The van der Waals surface area contributed by atoms with Crippen LogP contribution in [0.25, 0.3) is 16.9 Å². The summed E-state index contributed by atoms with van der Waals surface area (Å²) in [5.74, 6) is -0.243. The van der Waals surface area contributed by atoms with Gasteiger partial charge in [-0.1, -0.05) is 6.42 Å². The summed E-state index contributed by atoms with van der Waals surface area (Å²) in [6.07, 6.45) is 12.7. The van der Waals surface area contributed by atoms with Gasteiger partial charge in [-0.2, -0.15) is 5.10 Å². The molecule has 5 nitrogen and oxygen atoms in total. The zero-order valence-corrected chi connectivity index (χ0v) is 14.9. The Labute approximate surface area is 153 Å². The van der Waals surface area contributed by atoms with Crippen LogP contribution in [0.3, 0.4) is 0 Å². The molecule has 2 aromatic heterocycles. The summed E-state index contributed by atoms with van der Waals surface area (Å²) in [6.45, 7) is 4.57. The van der Waals surface area contributed by atoms with Crippen molar-refractivity contribution in [2.45, 2.75) is 32.2 Å². The van der Waals surface area contributed by atoms with E-state index < -0.39 is 0 Å². The van der Waals surface area contributed by atoms with Gasteiger partial charge in [0.2, 0.25) is 0 Å². The maximum Gasteiger partial charge on any atom is 0.123 e. The number of hydrogen-bond acceptors (Lipinski definition) is 3. The van der Waals surface area contributed by atoms with Crippen LogP contribution in [0, 0.1) is 5.82 Å². The number of aromatic nitrogens is 4. The van der Waals surface area contributed by atoms with E-state index in [1.54, 1.807) is 16.8 Å². The van der Waals surface area contributed by atoms with Gasteiger partial charge in [0.05, 0.1) is 30.1 Å². The van der Waals surface area contributed by atoms with Crippen molar-refractivity contribution in [2.24, 2.45) is 0 Å². The first-order chi connectivity index (χ1) is 12.8. The van der Waals surface area contributed by atoms with Crippen LogP contribution in [0.4, 0.5) is 4.39 Å². The van der Waals surface area contributed by atoms with Crippen LogP contribution >= 0.6 is 0 Å². The van der Waals surface area contributed by atoms with E-state index in [2.05, 4.69) is 19.5 Å². The lowest BCUT2D eigenvalue weighted by Gasteiger charge is -2.26. The van der Waals surface area contributed by atoms with Crippen LogP contribution in [0.2, 0.25) is 0 Å². The summed E-state index contributed by atoms with van der Waals surface area (Å²) >= 11 is 0. The van der Waals surface area contributed by atoms with Gasteiger partial charge in [0.15, 0.2) is 0 Å². The fourth-order valence-corrected chi connectivity index (χ4v) is 3.58. The second-order valence-electron chi connectivity index (χ2n) is 6.88. The van der Waals surface area contributed by atoms with Crippen molar-refractivity contribution < 1.29 is 4.39 Å². The van der Waals surface area contributed by atoms with Gasteiger partial charge < -0.3 is 9.47 Å². The molecular formula is C20H24FN5. The number of rotatable bonds is 6. The predicted octanol–water partition coefficient (Wildman–Crippen LogP) is 3.75. The van der Waals surface area contributed by atoms with E-state index in [9.17, 15) is 4.39 Å². The molecule has 0 bridgehead atoms. The van der Waals surface area contributed by atoms with Gasteiger partial charge in [-0.25, -0.2) is 14.1 Å². The highest BCUT2D eigenvalue weighted by atomic mass is 19.1. The Morgan fingerprint density at radius 2 is 1.77 bits per heavy atom. The summed E-state index contributed by atoms with van der Waals surface area (Å²) in [6, 6.07) is 6.34. The van der Waals surface area contributed by atoms with Crippen LogP contribution in [-0.4, -0.2) is 43.9 Å². The van der Waals surface area contributed by atoms with E-state index >= 15 is 0 Å². The molecule has 3 heterocycles. The van der Waals surface area contributed by atoms with Gasteiger partial charge in [0.1, 0.15) is 5.82 Å². The van der Waals surface area contributed by atoms with Crippen LogP contribution < -0.4 is 0 Å². The SMILES string of the molecule is Fc1ccc(-n2cc(-c3cncn3CCCN3CCCCC3)cn2)cc1. The lowest BCUT2D eigenvalue weighted by molar-refractivity contribution is 0.223. The third-order valence-corrected chi connectivity index (χ3v) is 5.00. The molecule has 136 valence electrons. The summed E-state index contributed by atoms with van der Waals surface area (Å²) in [5.41, 5.74) is 2.93. The Hall–Kier alpha value is -2.47. The van der Waals surface area contributed by atoms with Crippen molar-refractivity contribution >= 4 is 0 Å². The molecule has 1 aliphatic rings. The normalized spacial score (nSPS) is 15.4. The highest BCUT2D eigenvalue weighted by Gasteiger charge is 2.11. The molecule has 0 radical (unpaired) electrons. The molecule has 0 N–H and O–H groups in total. The zero-order valence-electron chi connectivity index (χ0n) is 14.9. The summed E-state index contributed by atoms with van der Waals surface area (Å²) in [7, 11) is 0. The Balaban J connectivity index is 1.42. The van der Waals surface area contributed by atoms with Crippen LogP contribution in [0.1, 0.15) is 25.7 Å². The Bertz CT molecular complexity index is 830. The molecule has 0 unspecified atom stereocenters. The first-order valence-electron chi connectivity index (χ1n) is 9.33. The van der Waals surface area contributed by atoms with E-state index in [-0.39, 0.29) is 5.82 Å². The van der Waals surface area contributed by atoms with Gasteiger partial charge in [-0.15, -0.1) is 0 Å². The fourth-order valence-electron chi connectivity index (χ4n) is 3.58. The molecule has 0 atom stereocenters. The lowest BCUT2D eigenvalue weighted by Crippen LogP contribution is -2.31. The van der Waals surface area contributed by atoms with E-state index in [4.69, 9.17) is 0 Å². The minimum atomic E-state index is -0.243. The standard InChI is InChI=1S/C20H24FN5/c21-18-5-7-19(8-6-18)26-15-17(13-23-26)20-14-22-16-25(20)12-4-11-24-9-2-1-3-10-24/h5-8,13-16H,1-4,9-12H2. The maximum absolute atomic E-state index is 13.1. The number of halogens is 1. The molecule has 0 aliphatic carbocycles. The number of likely N-dealkylation sites (tertiary alicyclic amines) is 1. The second-order valence-corrected chi connectivity index (χ2v) is 6.88. The smallest absolute Gasteiger partial charge is 0.123 e. The number of imidazole rings is 1. The molecular weight excluding hydrogens is 329 g/mol. The molecule has 1 saturated heterocycles. The van der Waals surface area contributed by atoms with Crippen LogP contribution in [0.5, 0.6) is 0 Å². The van der Waals surface area contributed by atoms with Crippen molar-refractivity contribution in [1.29, 1.82) is 0 Å². The summed E-state index contributed by atoms with van der Waals surface area (Å²) in [5, 5.41) is 4.41. The molecule has 26 heavy (non-hydrogen) atoms. The third-order valence-electron chi connectivity index (χ3n) is 5.00. The molecule has 1 fully saturated rings. The number of nitrogens with zero attached hydrogens (tertiary/aromatic N) is 5. The molecule has 6 heteroatoms. The molecule has 3 aromatic rings. The van der Waals surface area contributed by atoms with Crippen molar-refractivity contribution in [2.75, 3.05) is 19.6 Å². The minimum absolute atomic E-state index is 0.243. The number of piperidine rings is 1. The summed E-state index contributed by atoms with van der Waals surface area (Å²) in [4.78, 5) is 6.88. The van der Waals surface area contributed by atoms with E-state index in [0.717, 1.165) is 36.5 Å². The van der Waals surface area contributed by atoms with Gasteiger partial charge >= 0.3 is 0 Å². The average molecular weight is 353 g/mol. The van der Waals surface area contributed by atoms with Crippen molar-refractivity contribution in [1.82, 2.24) is 24.2 Å². The van der Waals surface area contributed by atoms with Gasteiger partial charge in [0, 0.05) is 18.3 Å². The Kier molecular flexibility index (Phi) is 5.11. The summed E-state index contributed by atoms with van der Waals surface area (Å²) < 4.78 is 17.0. The number of aryl methyl sites for hydroxylation is 1. The third kappa shape index (κ3) is 3.85. The fraction of sp³-hybridized carbons (Fsp3) is 0.400. The molecule has 1 aromatic carbocycles. The largest absolute Gasteiger partial charge is 0.330 e. The topological polar surface area (TPSA) is 38.9 Å². The number of benzene rings is 1. The van der Waals surface area contributed by atoms with E-state index in [1.807, 2.05) is 24.9 Å². The molecule has 1 aliphatic heterocycles. The quantitative estimate of drug-likeness (QED) is 0.677. The highest BCUT2D eigenvalue weighted by molar-refractivity contribution is 5.57. The second kappa shape index (κ2) is 7.83. The average Bonchev–Trinajstić information content (AvgIpc) is 3.32. The first kappa shape index (κ1) is 17.0. The highest BCUT2D eigenvalue weighted by Crippen LogP contribution is 2.20. The minimum Gasteiger partial charge on any atom is -0.330 e. The first-order valence-corrected chi connectivity index (χ1v) is 9.33. The lowest BCUT2D eigenvalue weighted by atomic mass is 10.1. The van der Waals surface area contributed by atoms with Gasteiger partial charge in [0.25, 0.3) is 0 Å². The molecule has 4 rings (SSSR count). The zero-order chi connectivity index (χ0) is 17.8. The van der Waals surface area contributed by atoms with Gasteiger partial charge in [-0.3, -0.25) is 0 Å². The number of hydrogen-bond donors (Lipinski definition) is 0. The van der Waals surface area contributed by atoms with Crippen molar-refractivity contribution in [3.05, 3.63) is 55.0 Å².